The molecule has 82 valence electrons. The minimum atomic E-state index is -1.02. The van der Waals surface area contributed by atoms with Gasteiger partial charge in [-0.25, -0.2) is 9.18 Å². The number of rotatable bonds is 2. The molecule has 0 saturated heterocycles. The lowest BCUT2D eigenvalue weighted by molar-refractivity contribution is 0.0697. The van der Waals surface area contributed by atoms with Gasteiger partial charge in [-0.3, -0.25) is 0 Å². The molecule has 5 heteroatoms. The first-order valence-corrected chi connectivity index (χ1v) is 5.61. The Labute approximate surface area is 99.9 Å². The van der Waals surface area contributed by atoms with Crippen molar-refractivity contribution in [2.24, 2.45) is 0 Å². The standard InChI is InChI=1S/C11H6ClFO2S/c12-7-1-2-9(13)8(4-7)10-3-6(5-16-10)11(14)15/h1-5H,(H,14,15). The zero-order valence-electron chi connectivity index (χ0n) is 7.91. The van der Waals surface area contributed by atoms with Crippen molar-refractivity contribution >= 4 is 28.9 Å². The molecule has 0 atom stereocenters. The molecule has 0 fully saturated rings. The number of hydrogen-bond acceptors (Lipinski definition) is 2. The number of aromatic carboxylic acids is 1. The Hall–Kier alpha value is -1.39. The van der Waals surface area contributed by atoms with Crippen molar-refractivity contribution in [3.8, 4) is 10.4 Å². The maximum atomic E-state index is 13.5. The molecule has 2 aromatic rings. The Morgan fingerprint density at radius 2 is 2.12 bits per heavy atom. The molecule has 0 bridgehead atoms. The van der Waals surface area contributed by atoms with Crippen LogP contribution in [0.25, 0.3) is 10.4 Å². The Balaban J connectivity index is 2.50. The molecule has 0 unspecified atom stereocenters. The highest BCUT2D eigenvalue weighted by molar-refractivity contribution is 7.13. The van der Waals surface area contributed by atoms with E-state index < -0.39 is 11.8 Å². The Kier molecular flexibility index (Phi) is 2.94. The Morgan fingerprint density at radius 1 is 1.38 bits per heavy atom. The molecule has 1 heterocycles. The Morgan fingerprint density at radius 3 is 2.75 bits per heavy atom. The lowest BCUT2D eigenvalue weighted by Crippen LogP contribution is -1.91. The van der Waals surface area contributed by atoms with E-state index in [0.29, 0.717) is 15.5 Å². The van der Waals surface area contributed by atoms with Gasteiger partial charge in [0.1, 0.15) is 5.82 Å². The van der Waals surface area contributed by atoms with Crippen LogP contribution in [0, 0.1) is 5.82 Å². The summed E-state index contributed by atoms with van der Waals surface area (Å²) >= 11 is 6.93. The average molecular weight is 257 g/mol. The molecule has 0 amide bonds. The normalized spacial score (nSPS) is 10.4. The first kappa shape index (κ1) is 11.1. The van der Waals surface area contributed by atoms with Crippen molar-refractivity contribution in [2.75, 3.05) is 0 Å². The van der Waals surface area contributed by atoms with Gasteiger partial charge in [0.15, 0.2) is 0 Å². The van der Waals surface area contributed by atoms with Crippen LogP contribution in [0.15, 0.2) is 29.6 Å². The fourth-order valence-electron chi connectivity index (χ4n) is 1.28. The quantitative estimate of drug-likeness (QED) is 0.885. The van der Waals surface area contributed by atoms with Gasteiger partial charge in [-0.15, -0.1) is 11.3 Å². The van der Waals surface area contributed by atoms with Crippen LogP contribution in [0.2, 0.25) is 5.02 Å². The predicted octanol–water partition coefficient (Wildman–Crippen LogP) is 3.91. The van der Waals surface area contributed by atoms with E-state index in [4.69, 9.17) is 16.7 Å². The summed E-state index contributed by atoms with van der Waals surface area (Å²) in [7, 11) is 0. The third kappa shape index (κ3) is 2.08. The predicted molar refractivity (Wildman–Crippen MR) is 61.7 cm³/mol. The van der Waals surface area contributed by atoms with Gasteiger partial charge in [-0.05, 0) is 24.3 Å². The van der Waals surface area contributed by atoms with E-state index in [0.717, 1.165) is 0 Å². The van der Waals surface area contributed by atoms with Gasteiger partial charge in [0.25, 0.3) is 0 Å². The van der Waals surface area contributed by atoms with Gasteiger partial charge >= 0.3 is 5.97 Å². The summed E-state index contributed by atoms with van der Waals surface area (Å²) in [5.41, 5.74) is 0.476. The lowest BCUT2D eigenvalue weighted by Gasteiger charge is -1.99. The maximum Gasteiger partial charge on any atom is 0.336 e. The number of carboxylic acids is 1. The first-order valence-electron chi connectivity index (χ1n) is 4.35. The highest BCUT2D eigenvalue weighted by Crippen LogP contribution is 2.31. The molecule has 1 N–H and O–H groups in total. The molecule has 0 aliphatic rings. The molecule has 2 nitrogen and oxygen atoms in total. The van der Waals surface area contributed by atoms with E-state index >= 15 is 0 Å². The van der Waals surface area contributed by atoms with E-state index in [1.807, 2.05) is 0 Å². The molecular weight excluding hydrogens is 251 g/mol. The molecule has 0 aliphatic heterocycles. The summed E-state index contributed by atoms with van der Waals surface area (Å²) in [6, 6.07) is 5.63. The second-order valence-electron chi connectivity index (χ2n) is 3.13. The molecular formula is C11H6ClFO2S. The van der Waals surface area contributed by atoms with Crippen molar-refractivity contribution in [1.29, 1.82) is 0 Å². The highest BCUT2D eigenvalue weighted by Gasteiger charge is 2.11. The monoisotopic (exact) mass is 256 g/mol. The van der Waals surface area contributed by atoms with Crippen LogP contribution in [-0.4, -0.2) is 11.1 Å². The van der Waals surface area contributed by atoms with Crippen LogP contribution in [0.3, 0.4) is 0 Å². The fourth-order valence-corrected chi connectivity index (χ4v) is 2.35. The molecule has 0 radical (unpaired) electrons. The summed E-state index contributed by atoms with van der Waals surface area (Å²) in [4.78, 5) is 11.2. The number of halogens is 2. The molecule has 0 spiro atoms. The topological polar surface area (TPSA) is 37.3 Å². The van der Waals surface area contributed by atoms with Crippen molar-refractivity contribution in [3.63, 3.8) is 0 Å². The van der Waals surface area contributed by atoms with Gasteiger partial charge in [-0.2, -0.15) is 0 Å². The zero-order chi connectivity index (χ0) is 11.7. The van der Waals surface area contributed by atoms with Crippen LogP contribution >= 0.6 is 22.9 Å². The summed E-state index contributed by atoms with van der Waals surface area (Å²) in [5.74, 6) is -1.44. The van der Waals surface area contributed by atoms with Crippen LogP contribution in [0.4, 0.5) is 4.39 Å². The van der Waals surface area contributed by atoms with Gasteiger partial charge in [-0.1, -0.05) is 11.6 Å². The first-order chi connectivity index (χ1) is 7.58. The number of carboxylic acid groups (broad SMARTS) is 1. The smallest absolute Gasteiger partial charge is 0.336 e. The number of benzene rings is 1. The molecule has 1 aromatic heterocycles. The summed E-state index contributed by atoms with van der Waals surface area (Å²) < 4.78 is 13.5. The van der Waals surface area contributed by atoms with Gasteiger partial charge in [0, 0.05) is 20.8 Å². The SMILES string of the molecule is O=C(O)c1csc(-c2cc(Cl)ccc2F)c1. The number of thiophene rings is 1. The van der Waals surface area contributed by atoms with E-state index in [1.165, 1.54) is 41.0 Å². The molecule has 1 aromatic carbocycles. The van der Waals surface area contributed by atoms with Crippen molar-refractivity contribution in [3.05, 3.63) is 46.0 Å². The third-order valence-electron chi connectivity index (χ3n) is 2.04. The van der Waals surface area contributed by atoms with E-state index in [-0.39, 0.29) is 5.56 Å². The van der Waals surface area contributed by atoms with E-state index in [2.05, 4.69) is 0 Å². The van der Waals surface area contributed by atoms with Gasteiger partial charge in [0.2, 0.25) is 0 Å². The number of hydrogen-bond donors (Lipinski definition) is 1. The average Bonchev–Trinajstić information content (AvgIpc) is 2.70. The molecule has 16 heavy (non-hydrogen) atoms. The zero-order valence-corrected chi connectivity index (χ0v) is 9.48. The van der Waals surface area contributed by atoms with Gasteiger partial charge < -0.3 is 5.11 Å². The maximum absolute atomic E-state index is 13.5. The van der Waals surface area contributed by atoms with Crippen molar-refractivity contribution in [2.45, 2.75) is 0 Å². The summed E-state index contributed by atoms with van der Waals surface area (Å²) in [5, 5.41) is 10.6. The third-order valence-corrected chi connectivity index (χ3v) is 3.24. The summed E-state index contributed by atoms with van der Waals surface area (Å²) in [6.07, 6.45) is 0. The fraction of sp³-hybridized carbons (Fsp3) is 0. The summed E-state index contributed by atoms with van der Waals surface area (Å²) in [6.45, 7) is 0. The van der Waals surface area contributed by atoms with Crippen LogP contribution in [0.1, 0.15) is 10.4 Å². The van der Waals surface area contributed by atoms with Crippen LogP contribution in [-0.2, 0) is 0 Å². The lowest BCUT2D eigenvalue weighted by atomic mass is 10.1. The van der Waals surface area contributed by atoms with Crippen LogP contribution in [0.5, 0.6) is 0 Å². The second-order valence-corrected chi connectivity index (χ2v) is 4.48. The minimum Gasteiger partial charge on any atom is -0.478 e. The van der Waals surface area contributed by atoms with Crippen molar-refractivity contribution in [1.82, 2.24) is 0 Å². The second kappa shape index (κ2) is 4.23. The van der Waals surface area contributed by atoms with E-state index in [9.17, 15) is 9.18 Å². The van der Waals surface area contributed by atoms with Gasteiger partial charge in [0.05, 0.1) is 5.56 Å². The molecule has 2 rings (SSSR count). The largest absolute Gasteiger partial charge is 0.478 e. The van der Waals surface area contributed by atoms with E-state index in [1.54, 1.807) is 0 Å². The molecule has 0 aliphatic carbocycles. The molecule has 0 saturated carbocycles. The van der Waals surface area contributed by atoms with Crippen LogP contribution < -0.4 is 0 Å². The van der Waals surface area contributed by atoms with Crippen molar-refractivity contribution < 1.29 is 14.3 Å². The number of carbonyl (C=O) groups is 1. The highest BCUT2D eigenvalue weighted by atomic mass is 35.5. The minimum absolute atomic E-state index is 0.152. The Bertz CT molecular complexity index is 551.